The molecule has 0 bridgehead atoms. The van der Waals surface area contributed by atoms with Gasteiger partial charge < -0.3 is 14.8 Å². The number of esters is 1. The van der Waals surface area contributed by atoms with Crippen molar-refractivity contribution in [3.8, 4) is 6.01 Å². The van der Waals surface area contributed by atoms with E-state index in [1.165, 1.54) is 12.6 Å². The van der Waals surface area contributed by atoms with Gasteiger partial charge >= 0.3 is 12.0 Å². The first-order valence-electron chi connectivity index (χ1n) is 7.05. The summed E-state index contributed by atoms with van der Waals surface area (Å²) < 4.78 is 10.5. The van der Waals surface area contributed by atoms with Gasteiger partial charge in [0.1, 0.15) is 0 Å². The van der Waals surface area contributed by atoms with Gasteiger partial charge in [0.2, 0.25) is 0 Å². The number of hydrogen-bond acceptors (Lipinski definition) is 6. The molecule has 0 saturated carbocycles. The van der Waals surface area contributed by atoms with Crippen molar-refractivity contribution in [1.82, 2.24) is 15.3 Å². The van der Waals surface area contributed by atoms with E-state index in [0.717, 1.165) is 19.5 Å². The maximum Gasteiger partial charge on any atom is 0.341 e. The molecule has 1 saturated heterocycles. The number of hydrogen-bond donors (Lipinski definition) is 1. The Kier molecular flexibility index (Phi) is 5.29. The Bertz CT molecular complexity index is 459. The van der Waals surface area contributed by atoms with Crippen LogP contribution in [0.2, 0.25) is 0 Å². The Labute approximate surface area is 118 Å². The van der Waals surface area contributed by atoms with E-state index in [0.29, 0.717) is 36.4 Å². The molecule has 0 amide bonds. The van der Waals surface area contributed by atoms with Crippen molar-refractivity contribution >= 4 is 5.97 Å². The van der Waals surface area contributed by atoms with Crippen molar-refractivity contribution in [2.45, 2.75) is 26.7 Å². The number of nitrogens with one attached hydrogen (secondary N) is 1. The molecule has 1 unspecified atom stereocenters. The third kappa shape index (κ3) is 3.90. The fraction of sp³-hybridized carbons (Fsp3) is 0.643. The summed E-state index contributed by atoms with van der Waals surface area (Å²) in [6.45, 7) is 6.52. The Morgan fingerprint density at radius 3 is 3.05 bits per heavy atom. The van der Waals surface area contributed by atoms with Crippen LogP contribution >= 0.6 is 0 Å². The Balaban J connectivity index is 1.92. The van der Waals surface area contributed by atoms with Gasteiger partial charge in [0, 0.05) is 18.7 Å². The molecule has 6 heteroatoms. The minimum atomic E-state index is -0.395. The number of rotatable bonds is 5. The van der Waals surface area contributed by atoms with Crippen molar-refractivity contribution in [3.63, 3.8) is 0 Å². The van der Waals surface area contributed by atoms with Gasteiger partial charge in [-0.15, -0.1) is 0 Å². The topological polar surface area (TPSA) is 73.3 Å². The molecule has 2 rings (SSSR count). The van der Waals surface area contributed by atoms with Gasteiger partial charge in [-0.3, -0.25) is 0 Å². The zero-order valence-corrected chi connectivity index (χ0v) is 12.0. The largest absolute Gasteiger partial charge is 0.463 e. The van der Waals surface area contributed by atoms with Gasteiger partial charge in [-0.25, -0.2) is 9.78 Å². The number of piperidine rings is 1. The van der Waals surface area contributed by atoms with Crippen LogP contribution in [0.1, 0.15) is 35.8 Å². The van der Waals surface area contributed by atoms with Crippen LogP contribution < -0.4 is 10.1 Å². The van der Waals surface area contributed by atoms with E-state index in [9.17, 15) is 4.79 Å². The van der Waals surface area contributed by atoms with Crippen molar-refractivity contribution < 1.29 is 14.3 Å². The predicted molar refractivity (Wildman–Crippen MR) is 73.8 cm³/mol. The standard InChI is InChI=1S/C14H21N3O3/c1-3-19-13(18)12-8-16-14(17-10(12)2)20-9-11-5-4-6-15-7-11/h8,11,15H,3-7,9H2,1-2H3. The molecular weight excluding hydrogens is 258 g/mol. The molecule has 0 spiro atoms. The number of carbonyl (C=O) groups is 1. The summed E-state index contributed by atoms with van der Waals surface area (Å²) in [7, 11) is 0. The highest BCUT2D eigenvalue weighted by Crippen LogP contribution is 2.14. The summed E-state index contributed by atoms with van der Waals surface area (Å²) in [5.74, 6) is 0.102. The molecule has 1 aromatic heterocycles. The smallest absolute Gasteiger partial charge is 0.341 e. The Hall–Kier alpha value is -1.69. The van der Waals surface area contributed by atoms with Crippen LogP contribution in [0.3, 0.4) is 0 Å². The molecular formula is C14H21N3O3. The molecule has 0 radical (unpaired) electrons. The quantitative estimate of drug-likeness (QED) is 0.820. The summed E-state index contributed by atoms with van der Waals surface area (Å²) in [6, 6.07) is 0.320. The number of carbonyl (C=O) groups excluding carboxylic acids is 1. The van der Waals surface area contributed by atoms with E-state index in [1.54, 1.807) is 13.8 Å². The Morgan fingerprint density at radius 2 is 2.40 bits per heavy atom. The number of aryl methyl sites for hydroxylation is 1. The van der Waals surface area contributed by atoms with Gasteiger partial charge in [-0.2, -0.15) is 4.98 Å². The SMILES string of the molecule is CCOC(=O)c1cnc(OCC2CCCNC2)nc1C. The number of ether oxygens (including phenoxy) is 2. The fourth-order valence-electron chi connectivity index (χ4n) is 2.18. The van der Waals surface area contributed by atoms with E-state index in [2.05, 4.69) is 15.3 Å². The summed E-state index contributed by atoms with van der Waals surface area (Å²) in [4.78, 5) is 19.9. The van der Waals surface area contributed by atoms with Crippen LogP contribution in [-0.4, -0.2) is 42.2 Å². The lowest BCUT2D eigenvalue weighted by Gasteiger charge is -2.22. The second kappa shape index (κ2) is 7.19. The van der Waals surface area contributed by atoms with Crippen LogP contribution in [-0.2, 0) is 4.74 Å². The van der Waals surface area contributed by atoms with Gasteiger partial charge in [0.15, 0.2) is 0 Å². The van der Waals surface area contributed by atoms with Crippen LogP contribution in [0.25, 0.3) is 0 Å². The molecule has 1 N–H and O–H groups in total. The molecule has 1 aliphatic rings. The fourth-order valence-corrected chi connectivity index (χ4v) is 2.18. The maximum atomic E-state index is 11.6. The van der Waals surface area contributed by atoms with Crippen molar-refractivity contribution in [2.24, 2.45) is 5.92 Å². The van der Waals surface area contributed by atoms with Gasteiger partial charge in [-0.05, 0) is 33.2 Å². The normalized spacial score (nSPS) is 18.6. The molecule has 0 aliphatic carbocycles. The second-order valence-corrected chi connectivity index (χ2v) is 4.90. The lowest BCUT2D eigenvalue weighted by Crippen LogP contribution is -2.33. The monoisotopic (exact) mass is 279 g/mol. The third-order valence-electron chi connectivity index (χ3n) is 3.30. The highest BCUT2D eigenvalue weighted by Gasteiger charge is 2.16. The first-order valence-corrected chi connectivity index (χ1v) is 7.05. The number of nitrogens with zero attached hydrogens (tertiary/aromatic N) is 2. The third-order valence-corrected chi connectivity index (χ3v) is 3.30. The summed E-state index contributed by atoms with van der Waals surface area (Å²) in [6.07, 6.45) is 3.80. The average Bonchev–Trinajstić information content (AvgIpc) is 2.46. The van der Waals surface area contributed by atoms with E-state index in [-0.39, 0.29) is 0 Å². The van der Waals surface area contributed by atoms with Crippen molar-refractivity contribution in [3.05, 3.63) is 17.5 Å². The molecule has 1 aliphatic heterocycles. The first-order chi connectivity index (χ1) is 9.70. The lowest BCUT2D eigenvalue weighted by atomic mass is 10.0. The molecule has 6 nitrogen and oxygen atoms in total. The summed E-state index contributed by atoms with van der Waals surface area (Å²) >= 11 is 0. The van der Waals surface area contributed by atoms with Gasteiger partial charge in [-0.1, -0.05) is 0 Å². The Morgan fingerprint density at radius 1 is 1.55 bits per heavy atom. The molecule has 1 aromatic rings. The van der Waals surface area contributed by atoms with E-state index in [1.807, 2.05) is 0 Å². The summed E-state index contributed by atoms with van der Waals surface area (Å²) in [5, 5.41) is 3.34. The van der Waals surface area contributed by atoms with Crippen molar-refractivity contribution in [1.29, 1.82) is 0 Å². The molecule has 20 heavy (non-hydrogen) atoms. The second-order valence-electron chi connectivity index (χ2n) is 4.90. The summed E-state index contributed by atoms with van der Waals surface area (Å²) in [5.41, 5.74) is 0.966. The van der Waals surface area contributed by atoms with E-state index >= 15 is 0 Å². The predicted octanol–water partition coefficient (Wildman–Crippen LogP) is 1.34. The zero-order chi connectivity index (χ0) is 14.4. The highest BCUT2D eigenvalue weighted by molar-refractivity contribution is 5.90. The molecule has 2 heterocycles. The number of aromatic nitrogens is 2. The van der Waals surface area contributed by atoms with Crippen LogP contribution in [0, 0.1) is 12.8 Å². The van der Waals surface area contributed by atoms with E-state index in [4.69, 9.17) is 9.47 Å². The van der Waals surface area contributed by atoms with Crippen LogP contribution in [0.4, 0.5) is 0 Å². The molecule has 1 atom stereocenters. The molecule has 110 valence electrons. The maximum absolute atomic E-state index is 11.6. The van der Waals surface area contributed by atoms with Gasteiger partial charge in [0.05, 0.1) is 24.5 Å². The van der Waals surface area contributed by atoms with Crippen molar-refractivity contribution in [2.75, 3.05) is 26.3 Å². The van der Waals surface area contributed by atoms with Crippen LogP contribution in [0.15, 0.2) is 6.20 Å². The zero-order valence-electron chi connectivity index (χ0n) is 12.0. The minimum Gasteiger partial charge on any atom is -0.463 e. The minimum absolute atomic E-state index is 0.320. The van der Waals surface area contributed by atoms with Gasteiger partial charge in [0.25, 0.3) is 0 Å². The van der Waals surface area contributed by atoms with Crippen LogP contribution in [0.5, 0.6) is 6.01 Å². The molecule has 1 fully saturated rings. The highest BCUT2D eigenvalue weighted by atomic mass is 16.5. The molecule has 0 aromatic carbocycles. The van der Waals surface area contributed by atoms with E-state index < -0.39 is 5.97 Å². The first kappa shape index (κ1) is 14.7. The lowest BCUT2D eigenvalue weighted by molar-refractivity contribution is 0.0524. The average molecular weight is 279 g/mol.